The fourth-order valence-electron chi connectivity index (χ4n) is 4.00. The quantitative estimate of drug-likeness (QED) is 0.569. The van der Waals surface area contributed by atoms with Gasteiger partial charge < -0.3 is 20.5 Å². The minimum Gasteiger partial charge on any atom is -0.396 e. The van der Waals surface area contributed by atoms with Gasteiger partial charge in [0.2, 0.25) is 5.95 Å². The Bertz CT molecular complexity index is 770. The summed E-state index contributed by atoms with van der Waals surface area (Å²) in [4.78, 5) is 12.5. The van der Waals surface area contributed by atoms with Crippen LogP contribution in [-0.2, 0) is 0 Å². The molecular formula is C14H16ClN5O2. The molecule has 2 bridgehead atoms. The minimum absolute atomic E-state index is 0.0277. The van der Waals surface area contributed by atoms with E-state index in [-0.39, 0.29) is 42.2 Å². The summed E-state index contributed by atoms with van der Waals surface area (Å²) in [6.07, 6.45) is 6.63. The molecule has 22 heavy (non-hydrogen) atoms. The normalized spacial score (nSPS) is 28.8. The summed E-state index contributed by atoms with van der Waals surface area (Å²) in [5.41, 5.74) is 6.31. The second-order valence-electron chi connectivity index (χ2n) is 6.14. The van der Waals surface area contributed by atoms with Crippen molar-refractivity contribution in [1.29, 1.82) is 0 Å². The fraction of sp³-hybridized carbons (Fsp3) is 0.500. The van der Waals surface area contributed by atoms with Gasteiger partial charge in [0.15, 0.2) is 10.8 Å². The van der Waals surface area contributed by atoms with Gasteiger partial charge in [0, 0.05) is 17.4 Å². The fourth-order valence-corrected chi connectivity index (χ4v) is 4.22. The third kappa shape index (κ3) is 1.67. The van der Waals surface area contributed by atoms with Crippen LogP contribution in [0.25, 0.3) is 11.2 Å². The summed E-state index contributed by atoms with van der Waals surface area (Å²) < 4.78 is 1.95. The van der Waals surface area contributed by atoms with Crippen LogP contribution < -0.4 is 5.73 Å². The van der Waals surface area contributed by atoms with Crippen LogP contribution >= 0.6 is 11.6 Å². The van der Waals surface area contributed by atoms with Gasteiger partial charge in [-0.15, -0.1) is 0 Å². The lowest BCUT2D eigenvalue weighted by molar-refractivity contribution is 0.0290. The summed E-state index contributed by atoms with van der Waals surface area (Å²) in [5, 5.41) is 19.8. The van der Waals surface area contributed by atoms with Crippen molar-refractivity contribution < 1.29 is 10.2 Å². The molecule has 1 saturated carbocycles. The van der Waals surface area contributed by atoms with Crippen LogP contribution in [0.5, 0.6) is 0 Å². The lowest BCUT2D eigenvalue weighted by Crippen LogP contribution is -2.35. The van der Waals surface area contributed by atoms with E-state index in [9.17, 15) is 10.2 Å². The molecule has 2 aromatic rings. The topological polar surface area (TPSA) is 110 Å². The maximum Gasteiger partial charge on any atom is 0.223 e. The highest BCUT2D eigenvalue weighted by Gasteiger charge is 2.55. The average molecular weight is 322 g/mol. The third-order valence-electron chi connectivity index (χ3n) is 5.07. The van der Waals surface area contributed by atoms with E-state index in [0.717, 1.165) is 6.42 Å². The molecule has 2 aliphatic rings. The first kappa shape index (κ1) is 13.9. The van der Waals surface area contributed by atoms with Crippen LogP contribution in [0.4, 0.5) is 5.95 Å². The van der Waals surface area contributed by atoms with Crippen molar-refractivity contribution in [2.75, 3.05) is 18.9 Å². The Labute approximate surface area is 131 Å². The van der Waals surface area contributed by atoms with Crippen molar-refractivity contribution in [3.8, 4) is 0 Å². The second-order valence-corrected chi connectivity index (χ2v) is 6.50. The van der Waals surface area contributed by atoms with Crippen LogP contribution in [-0.4, -0.2) is 42.9 Å². The lowest BCUT2D eigenvalue weighted by atomic mass is 9.77. The van der Waals surface area contributed by atoms with Crippen molar-refractivity contribution in [3.63, 3.8) is 0 Å². The monoisotopic (exact) mass is 321 g/mol. The minimum atomic E-state index is -0.497. The molecule has 0 aliphatic heterocycles. The number of allylic oxidation sites excluding steroid dienone is 2. The van der Waals surface area contributed by atoms with Gasteiger partial charge >= 0.3 is 0 Å². The molecule has 0 saturated heterocycles. The highest BCUT2D eigenvalue weighted by molar-refractivity contribution is 6.33. The Kier molecular flexibility index (Phi) is 2.94. The number of anilines is 1. The smallest absolute Gasteiger partial charge is 0.223 e. The average Bonchev–Trinajstić information content (AvgIpc) is 3.17. The van der Waals surface area contributed by atoms with E-state index in [4.69, 9.17) is 17.3 Å². The Morgan fingerprint density at radius 2 is 2.09 bits per heavy atom. The Balaban J connectivity index is 1.84. The molecule has 2 heterocycles. The molecule has 3 atom stereocenters. The van der Waals surface area contributed by atoms with Gasteiger partial charge in [-0.25, -0.2) is 4.98 Å². The largest absolute Gasteiger partial charge is 0.396 e. The zero-order valence-corrected chi connectivity index (χ0v) is 12.5. The van der Waals surface area contributed by atoms with Crippen LogP contribution in [0.1, 0.15) is 12.5 Å². The SMILES string of the molecule is Nc1nc(Cl)c2ncn(C3C4C=CC3C(CO)(CO)C4)c2n1. The van der Waals surface area contributed by atoms with Gasteiger partial charge in [-0.1, -0.05) is 23.8 Å². The van der Waals surface area contributed by atoms with Gasteiger partial charge in [0.25, 0.3) is 0 Å². The predicted molar refractivity (Wildman–Crippen MR) is 81.1 cm³/mol. The molecule has 8 heteroatoms. The zero-order chi connectivity index (χ0) is 15.5. The molecule has 4 rings (SSSR count). The summed E-state index contributed by atoms with van der Waals surface area (Å²) >= 11 is 6.08. The molecular weight excluding hydrogens is 306 g/mol. The van der Waals surface area contributed by atoms with E-state index in [2.05, 4.69) is 27.1 Å². The molecule has 0 spiro atoms. The van der Waals surface area contributed by atoms with Gasteiger partial charge in [-0.2, -0.15) is 9.97 Å². The van der Waals surface area contributed by atoms with Crippen LogP contribution in [0.3, 0.4) is 0 Å². The van der Waals surface area contributed by atoms with Crippen molar-refractivity contribution in [2.45, 2.75) is 12.5 Å². The molecule has 2 aliphatic carbocycles. The van der Waals surface area contributed by atoms with Crippen molar-refractivity contribution in [3.05, 3.63) is 23.6 Å². The number of hydrogen-bond donors (Lipinski definition) is 3. The number of aliphatic hydroxyl groups excluding tert-OH is 2. The first-order valence-electron chi connectivity index (χ1n) is 7.15. The molecule has 116 valence electrons. The molecule has 0 aromatic carbocycles. The van der Waals surface area contributed by atoms with E-state index in [1.165, 1.54) is 0 Å². The molecule has 4 N–H and O–H groups in total. The summed E-state index contributed by atoms with van der Waals surface area (Å²) in [6, 6.07) is 0.0506. The van der Waals surface area contributed by atoms with E-state index in [1.807, 2.05) is 4.57 Å². The van der Waals surface area contributed by atoms with Crippen molar-refractivity contribution >= 4 is 28.7 Å². The number of nitrogens with two attached hydrogens (primary N) is 1. The summed E-state index contributed by atoms with van der Waals surface area (Å²) in [7, 11) is 0. The highest BCUT2D eigenvalue weighted by Crippen LogP contribution is 2.58. The number of aromatic nitrogens is 4. The van der Waals surface area contributed by atoms with Crippen LogP contribution in [0, 0.1) is 17.3 Å². The molecule has 3 unspecified atom stereocenters. The number of fused-ring (bicyclic) bond motifs is 3. The molecule has 1 fully saturated rings. The Morgan fingerprint density at radius 3 is 2.77 bits per heavy atom. The van der Waals surface area contributed by atoms with Gasteiger partial charge in [-0.05, 0) is 12.3 Å². The van der Waals surface area contributed by atoms with Crippen molar-refractivity contribution in [1.82, 2.24) is 19.5 Å². The number of nitrogens with zero attached hydrogens (tertiary/aromatic N) is 4. The standard InChI is InChI=1S/C14H16ClN5O2/c15-11-9-12(19-13(16)18-11)20(6-17-9)10-7-1-2-8(10)14(3-7,4-21)5-22/h1-2,6-8,10,21-22H,3-5H2,(H2,16,18,19). The van der Waals surface area contributed by atoms with Crippen LogP contribution in [0.15, 0.2) is 18.5 Å². The number of nitrogen functional groups attached to an aromatic ring is 1. The van der Waals surface area contributed by atoms with Gasteiger partial charge in [0.1, 0.15) is 5.52 Å². The molecule has 2 aromatic heterocycles. The Morgan fingerprint density at radius 1 is 1.32 bits per heavy atom. The number of halogens is 1. The van der Waals surface area contributed by atoms with E-state index >= 15 is 0 Å². The molecule has 0 radical (unpaired) electrons. The number of rotatable bonds is 3. The number of hydrogen-bond acceptors (Lipinski definition) is 6. The third-order valence-corrected chi connectivity index (χ3v) is 5.33. The van der Waals surface area contributed by atoms with Crippen LogP contribution in [0.2, 0.25) is 5.15 Å². The second kappa shape index (κ2) is 4.65. The number of imidazole rings is 1. The van der Waals surface area contributed by atoms with E-state index < -0.39 is 5.41 Å². The lowest BCUT2D eigenvalue weighted by Gasteiger charge is -2.32. The Hall–Kier alpha value is -1.70. The molecule has 7 nitrogen and oxygen atoms in total. The first-order valence-corrected chi connectivity index (χ1v) is 7.53. The predicted octanol–water partition coefficient (Wildman–Crippen LogP) is 0.780. The zero-order valence-electron chi connectivity index (χ0n) is 11.7. The number of aliphatic hydroxyl groups is 2. The van der Waals surface area contributed by atoms with E-state index in [0.29, 0.717) is 11.2 Å². The summed E-state index contributed by atoms with van der Waals surface area (Å²) in [6.45, 7) is -0.0912. The first-order chi connectivity index (χ1) is 10.6. The maximum absolute atomic E-state index is 9.77. The maximum atomic E-state index is 9.77. The van der Waals surface area contributed by atoms with Crippen molar-refractivity contribution in [2.24, 2.45) is 17.3 Å². The highest BCUT2D eigenvalue weighted by atomic mass is 35.5. The van der Waals surface area contributed by atoms with Gasteiger partial charge in [0.05, 0.1) is 19.5 Å². The van der Waals surface area contributed by atoms with E-state index in [1.54, 1.807) is 6.33 Å². The summed E-state index contributed by atoms with van der Waals surface area (Å²) in [5.74, 6) is 0.352. The van der Waals surface area contributed by atoms with Gasteiger partial charge in [-0.3, -0.25) is 0 Å². The molecule has 0 amide bonds.